The average molecular weight is 477 g/mol. The summed E-state index contributed by atoms with van der Waals surface area (Å²) >= 11 is 0. The highest BCUT2D eigenvalue weighted by Gasteiger charge is 1.90. The zero-order valence-corrected chi connectivity index (χ0v) is 21.3. The van der Waals surface area contributed by atoms with Gasteiger partial charge in [0.25, 0.3) is 0 Å². The number of fused-ring (bicyclic) bond motifs is 1. The smallest absolute Gasteiger partial charge is 0.0701 e. The fourth-order valence-electron chi connectivity index (χ4n) is 2.97. The first-order chi connectivity index (χ1) is 16.8. The van der Waals surface area contributed by atoms with E-state index in [4.69, 9.17) is 22.9 Å². The van der Waals surface area contributed by atoms with Gasteiger partial charge in [0.1, 0.15) is 0 Å². The largest absolute Gasteiger partial charge is 0.330 e. The van der Waals surface area contributed by atoms with Gasteiger partial charge in [0.2, 0.25) is 0 Å². The van der Waals surface area contributed by atoms with Crippen molar-refractivity contribution in [2.24, 2.45) is 22.9 Å². The molecule has 11 N–H and O–H groups in total. The monoisotopic (exact) mass is 476 g/mol. The Hall–Kier alpha value is -1.65. The van der Waals surface area contributed by atoms with Crippen molar-refractivity contribution in [1.29, 1.82) is 0 Å². The number of hydrogen-bond acceptors (Lipinski definition) is 8. The van der Waals surface area contributed by atoms with Crippen LogP contribution in [0.1, 0.15) is 44.9 Å². The number of hydrogen-bond donors (Lipinski definition) is 7. The van der Waals surface area contributed by atoms with Gasteiger partial charge in [-0.3, -0.25) is 4.98 Å². The quantitative estimate of drug-likeness (QED) is 0.160. The number of rotatable bonds is 18. The van der Waals surface area contributed by atoms with Gasteiger partial charge in [-0.05, 0) is 123 Å². The van der Waals surface area contributed by atoms with Crippen molar-refractivity contribution in [2.45, 2.75) is 44.9 Å². The molecule has 0 radical (unpaired) electrons. The molecule has 0 unspecified atom stereocenters. The lowest BCUT2D eigenvalue weighted by Crippen LogP contribution is -2.22. The third kappa shape index (κ3) is 22.2. The summed E-state index contributed by atoms with van der Waals surface area (Å²) in [5.41, 5.74) is 22.4. The van der Waals surface area contributed by atoms with E-state index in [0.29, 0.717) is 0 Å². The van der Waals surface area contributed by atoms with E-state index in [0.717, 1.165) is 96.6 Å². The highest BCUT2D eigenvalue weighted by Crippen LogP contribution is 2.07. The molecule has 196 valence electrons. The fourth-order valence-corrected chi connectivity index (χ4v) is 2.97. The predicted octanol–water partition coefficient (Wildman–Crippen LogP) is 1.54. The molecule has 8 nitrogen and oxygen atoms in total. The molecule has 0 aliphatic carbocycles. The molecule has 8 heteroatoms. The molecule has 0 saturated carbocycles. The number of nitrogens with one attached hydrogen (secondary N) is 3. The summed E-state index contributed by atoms with van der Waals surface area (Å²) in [6.45, 7) is 9.60. The topological polar surface area (TPSA) is 153 Å². The van der Waals surface area contributed by atoms with Crippen LogP contribution in [-0.4, -0.2) is 70.4 Å². The normalized spacial score (nSPS) is 10.4. The zero-order valence-electron chi connectivity index (χ0n) is 21.3. The van der Waals surface area contributed by atoms with Crippen LogP contribution in [0.5, 0.6) is 0 Å². The number of pyridine rings is 1. The Morgan fingerprint density at radius 1 is 0.500 bits per heavy atom. The maximum Gasteiger partial charge on any atom is 0.0701 e. The molecule has 1 heterocycles. The minimum atomic E-state index is 0.782. The summed E-state index contributed by atoms with van der Waals surface area (Å²) < 4.78 is 0. The van der Waals surface area contributed by atoms with Crippen LogP contribution in [0.15, 0.2) is 42.6 Å². The van der Waals surface area contributed by atoms with Crippen LogP contribution in [0.2, 0.25) is 0 Å². The molecule has 2 aromatic rings. The molecular weight excluding hydrogens is 424 g/mol. The van der Waals surface area contributed by atoms with E-state index in [1.54, 1.807) is 0 Å². The number of para-hydroxylation sites is 1. The first-order valence-electron chi connectivity index (χ1n) is 13.0. The molecule has 0 amide bonds. The number of nitrogens with zero attached hydrogens (tertiary/aromatic N) is 1. The Bertz CT molecular complexity index is 555. The van der Waals surface area contributed by atoms with Crippen molar-refractivity contribution < 1.29 is 0 Å². The van der Waals surface area contributed by atoms with Gasteiger partial charge in [-0.1, -0.05) is 24.3 Å². The molecule has 0 spiro atoms. The molecule has 0 atom stereocenters. The van der Waals surface area contributed by atoms with E-state index in [2.05, 4.69) is 33.1 Å². The standard InChI is InChI=1S/C10H26N4.C9H7N.C7H19N3/c11-5-3-9-13-7-1-2-8-14-10-4-6-12;1-2-6-9-8(4-1)5-3-7-10-9;8-4-1-2-6-10-7-3-5-9/h13-14H,1-12H2;1-7H;10H,1-9H2. The van der Waals surface area contributed by atoms with Gasteiger partial charge in [-0.25, -0.2) is 0 Å². The molecule has 0 saturated heterocycles. The molecule has 0 fully saturated rings. The van der Waals surface area contributed by atoms with Crippen LogP contribution in [0.3, 0.4) is 0 Å². The van der Waals surface area contributed by atoms with Gasteiger partial charge < -0.3 is 38.9 Å². The predicted molar refractivity (Wildman–Crippen MR) is 149 cm³/mol. The van der Waals surface area contributed by atoms with Crippen molar-refractivity contribution in [3.8, 4) is 0 Å². The summed E-state index contributed by atoms with van der Waals surface area (Å²) in [6, 6.07) is 12.1. The number of benzene rings is 1. The molecule has 34 heavy (non-hydrogen) atoms. The molecule has 0 bridgehead atoms. The van der Waals surface area contributed by atoms with E-state index in [1.165, 1.54) is 24.6 Å². The van der Waals surface area contributed by atoms with Gasteiger partial charge in [-0.15, -0.1) is 0 Å². The maximum absolute atomic E-state index is 5.38. The Morgan fingerprint density at radius 3 is 1.38 bits per heavy atom. The Kier molecular flexibility index (Phi) is 26.3. The molecule has 2 rings (SSSR count). The lowest BCUT2D eigenvalue weighted by atomic mass is 10.2. The lowest BCUT2D eigenvalue weighted by molar-refractivity contribution is 0.570. The van der Waals surface area contributed by atoms with E-state index < -0.39 is 0 Å². The first-order valence-corrected chi connectivity index (χ1v) is 13.0. The average Bonchev–Trinajstić information content (AvgIpc) is 2.88. The van der Waals surface area contributed by atoms with Gasteiger partial charge >= 0.3 is 0 Å². The SMILES string of the molecule is NCCCCNCCCN.NCCCNCCCCNCCCN.c1ccc2ncccc2c1. The van der Waals surface area contributed by atoms with Gasteiger partial charge in [-0.2, -0.15) is 0 Å². The highest BCUT2D eigenvalue weighted by atomic mass is 14.9. The highest BCUT2D eigenvalue weighted by molar-refractivity contribution is 5.77. The Morgan fingerprint density at radius 2 is 0.912 bits per heavy atom. The molecular formula is C26H52N8. The van der Waals surface area contributed by atoms with Crippen LogP contribution in [-0.2, 0) is 0 Å². The maximum atomic E-state index is 5.38. The molecule has 1 aromatic heterocycles. The summed E-state index contributed by atoms with van der Waals surface area (Å²) in [5.74, 6) is 0. The minimum absolute atomic E-state index is 0.782. The molecule has 0 aliphatic rings. The van der Waals surface area contributed by atoms with Crippen molar-refractivity contribution in [3.05, 3.63) is 42.6 Å². The van der Waals surface area contributed by atoms with Crippen molar-refractivity contribution >= 4 is 10.9 Å². The molecule has 0 aliphatic heterocycles. The number of unbranched alkanes of at least 4 members (excludes halogenated alkanes) is 2. The number of aromatic nitrogens is 1. The number of nitrogens with two attached hydrogens (primary N) is 4. The third-order valence-corrected chi connectivity index (χ3v) is 4.95. The Balaban J connectivity index is 0.000000489. The second kappa shape index (κ2) is 27.6. The zero-order chi connectivity index (χ0) is 25.0. The van der Waals surface area contributed by atoms with Crippen LogP contribution in [0.25, 0.3) is 10.9 Å². The van der Waals surface area contributed by atoms with Crippen LogP contribution in [0.4, 0.5) is 0 Å². The fraction of sp³-hybridized carbons (Fsp3) is 0.654. The van der Waals surface area contributed by atoms with Gasteiger partial charge in [0.15, 0.2) is 0 Å². The van der Waals surface area contributed by atoms with Gasteiger partial charge in [0, 0.05) is 11.6 Å². The second-order valence-electron chi connectivity index (χ2n) is 8.08. The summed E-state index contributed by atoms with van der Waals surface area (Å²) in [7, 11) is 0. The van der Waals surface area contributed by atoms with Crippen LogP contribution < -0.4 is 38.9 Å². The molecule has 1 aromatic carbocycles. The van der Waals surface area contributed by atoms with E-state index in [1.807, 2.05) is 30.5 Å². The third-order valence-electron chi connectivity index (χ3n) is 4.95. The minimum Gasteiger partial charge on any atom is -0.330 e. The Labute approximate surface area is 208 Å². The second-order valence-corrected chi connectivity index (χ2v) is 8.08. The van der Waals surface area contributed by atoms with E-state index in [9.17, 15) is 0 Å². The van der Waals surface area contributed by atoms with Crippen LogP contribution in [0, 0.1) is 0 Å². The van der Waals surface area contributed by atoms with E-state index in [-0.39, 0.29) is 0 Å². The lowest BCUT2D eigenvalue weighted by Gasteiger charge is -2.04. The van der Waals surface area contributed by atoms with Crippen molar-refractivity contribution in [1.82, 2.24) is 20.9 Å². The van der Waals surface area contributed by atoms with E-state index >= 15 is 0 Å². The van der Waals surface area contributed by atoms with Crippen LogP contribution >= 0.6 is 0 Å². The summed E-state index contributed by atoms with van der Waals surface area (Å²) in [4.78, 5) is 4.18. The summed E-state index contributed by atoms with van der Waals surface area (Å²) in [6.07, 6.45) is 9.81. The first kappa shape index (κ1) is 32.4. The summed E-state index contributed by atoms with van der Waals surface area (Å²) in [5, 5.41) is 11.2. The van der Waals surface area contributed by atoms with Crippen molar-refractivity contribution in [3.63, 3.8) is 0 Å². The van der Waals surface area contributed by atoms with Crippen molar-refractivity contribution in [2.75, 3.05) is 65.4 Å². The van der Waals surface area contributed by atoms with Gasteiger partial charge in [0.05, 0.1) is 5.52 Å².